The number of aromatic nitrogens is 1. The zero-order valence-corrected chi connectivity index (χ0v) is 7.52. The molecule has 15 heavy (non-hydrogen) atoms. The van der Waals surface area contributed by atoms with Crippen LogP contribution in [0.5, 0.6) is 0 Å². The number of rotatable bonds is 2. The number of pyridine rings is 1. The lowest BCUT2D eigenvalue weighted by molar-refractivity contribution is -0.166. The van der Waals surface area contributed by atoms with Gasteiger partial charge in [-0.25, -0.2) is 4.79 Å². The summed E-state index contributed by atoms with van der Waals surface area (Å²) in [7, 11) is 0. The van der Waals surface area contributed by atoms with Gasteiger partial charge >= 0.3 is 11.9 Å². The highest BCUT2D eigenvalue weighted by Gasteiger charge is 2.41. The van der Waals surface area contributed by atoms with Crippen molar-refractivity contribution in [1.82, 2.24) is 4.40 Å². The van der Waals surface area contributed by atoms with Crippen molar-refractivity contribution >= 4 is 11.5 Å². The Hall–Kier alpha value is -1.91. The largest absolute Gasteiger partial charge is 0.477 e. The fourth-order valence-corrected chi connectivity index (χ4v) is 1.35. The molecule has 0 unspecified atom stereocenters. The third-order valence-corrected chi connectivity index (χ3v) is 2.14. The highest BCUT2D eigenvalue weighted by molar-refractivity contribution is 5.78. The quantitative estimate of drug-likeness (QED) is 0.826. The van der Waals surface area contributed by atoms with Gasteiger partial charge in [0.05, 0.1) is 5.56 Å². The van der Waals surface area contributed by atoms with Gasteiger partial charge in [0.15, 0.2) is 0 Å². The summed E-state index contributed by atoms with van der Waals surface area (Å²) in [6.07, 6.45) is 2.69. The lowest BCUT2D eigenvalue weighted by Gasteiger charge is -2.07. The van der Waals surface area contributed by atoms with Crippen LogP contribution < -0.4 is 0 Å². The predicted octanol–water partition coefficient (Wildman–Crippen LogP) is 2.12. The average molecular weight is 211 g/mol. The maximum absolute atomic E-state index is 13.1. The van der Waals surface area contributed by atoms with Gasteiger partial charge in [0, 0.05) is 17.9 Å². The fourth-order valence-electron chi connectivity index (χ4n) is 1.35. The van der Waals surface area contributed by atoms with Gasteiger partial charge in [-0.1, -0.05) is 6.07 Å². The van der Waals surface area contributed by atoms with Gasteiger partial charge in [0.2, 0.25) is 0 Å². The summed E-state index contributed by atoms with van der Waals surface area (Å²) in [4.78, 5) is 10.3. The van der Waals surface area contributed by atoms with Gasteiger partial charge in [-0.05, 0) is 18.2 Å². The molecule has 5 heteroatoms. The number of carboxylic acid groups (broad SMARTS) is 1. The van der Waals surface area contributed by atoms with Gasteiger partial charge in [-0.15, -0.1) is 0 Å². The second kappa shape index (κ2) is 3.05. The Labute approximate surface area is 83.6 Å². The Balaban J connectivity index is 2.58. The summed E-state index contributed by atoms with van der Waals surface area (Å²) >= 11 is 0. The zero-order chi connectivity index (χ0) is 11.1. The van der Waals surface area contributed by atoms with E-state index in [-0.39, 0.29) is 0 Å². The van der Waals surface area contributed by atoms with E-state index in [1.807, 2.05) is 0 Å². The smallest absolute Gasteiger partial charge is 0.379 e. The number of hydrogen-bond donors (Lipinski definition) is 1. The molecule has 0 saturated carbocycles. The average Bonchev–Trinajstić information content (AvgIpc) is 2.61. The van der Waals surface area contributed by atoms with Crippen LogP contribution in [0.1, 0.15) is 5.56 Å². The van der Waals surface area contributed by atoms with Gasteiger partial charge in [-0.3, -0.25) is 0 Å². The van der Waals surface area contributed by atoms with Gasteiger partial charge in [0.25, 0.3) is 0 Å². The van der Waals surface area contributed by atoms with E-state index in [2.05, 4.69) is 0 Å². The highest BCUT2D eigenvalue weighted by atomic mass is 19.3. The molecule has 0 spiro atoms. The van der Waals surface area contributed by atoms with E-state index in [0.717, 1.165) is 12.3 Å². The number of hydrogen-bond acceptors (Lipinski definition) is 1. The van der Waals surface area contributed by atoms with Crippen LogP contribution in [0.15, 0.2) is 36.7 Å². The Morgan fingerprint density at radius 2 is 2.13 bits per heavy atom. The van der Waals surface area contributed by atoms with Gasteiger partial charge in [0.1, 0.15) is 0 Å². The molecule has 0 fully saturated rings. The van der Waals surface area contributed by atoms with Crippen molar-refractivity contribution in [2.45, 2.75) is 5.92 Å². The molecule has 78 valence electrons. The normalized spacial score (nSPS) is 11.9. The lowest BCUT2D eigenvalue weighted by Crippen LogP contribution is -2.24. The van der Waals surface area contributed by atoms with Crippen LogP contribution in [0.2, 0.25) is 0 Å². The molecule has 0 bridgehead atoms. The molecule has 0 amide bonds. The molecule has 2 aromatic heterocycles. The third kappa shape index (κ3) is 1.45. The molecular weight excluding hydrogens is 204 g/mol. The molecular formula is C10H7F2NO2. The van der Waals surface area contributed by atoms with Crippen molar-refractivity contribution in [2.75, 3.05) is 0 Å². The lowest BCUT2D eigenvalue weighted by atomic mass is 10.2. The molecule has 0 saturated heterocycles. The minimum absolute atomic E-state index is 0.513. The molecule has 2 heterocycles. The van der Waals surface area contributed by atoms with E-state index in [1.165, 1.54) is 4.40 Å². The molecule has 1 N–H and O–H groups in total. The first kappa shape index (κ1) is 9.64. The summed E-state index contributed by atoms with van der Waals surface area (Å²) in [5, 5.41) is 8.36. The molecule has 0 radical (unpaired) electrons. The minimum Gasteiger partial charge on any atom is -0.477 e. The maximum atomic E-state index is 13.1. The van der Waals surface area contributed by atoms with E-state index >= 15 is 0 Å². The third-order valence-electron chi connectivity index (χ3n) is 2.14. The van der Waals surface area contributed by atoms with Crippen molar-refractivity contribution in [1.29, 1.82) is 0 Å². The molecule has 3 nitrogen and oxygen atoms in total. The number of carbonyl (C=O) groups is 1. The van der Waals surface area contributed by atoms with E-state index < -0.39 is 17.5 Å². The number of nitrogens with zero attached hydrogens (tertiary/aromatic N) is 1. The van der Waals surface area contributed by atoms with Crippen LogP contribution >= 0.6 is 0 Å². The SMILES string of the molecule is O=C(O)C(F)(F)c1cc2ccccn2c1. The van der Waals surface area contributed by atoms with E-state index in [1.54, 1.807) is 24.4 Å². The van der Waals surface area contributed by atoms with Crippen molar-refractivity contribution in [2.24, 2.45) is 0 Å². The van der Waals surface area contributed by atoms with Gasteiger partial charge < -0.3 is 9.51 Å². The number of carboxylic acids is 1. The van der Waals surface area contributed by atoms with Crippen LogP contribution in [-0.4, -0.2) is 15.5 Å². The van der Waals surface area contributed by atoms with E-state index in [9.17, 15) is 13.6 Å². The molecule has 0 aliphatic heterocycles. The number of fused-ring (bicyclic) bond motifs is 1. The summed E-state index contributed by atoms with van der Waals surface area (Å²) in [5.74, 6) is -5.98. The summed E-state index contributed by atoms with van der Waals surface area (Å²) in [5.41, 5.74) is 0.0228. The van der Waals surface area contributed by atoms with Crippen molar-refractivity contribution in [3.8, 4) is 0 Å². The Morgan fingerprint density at radius 3 is 2.73 bits per heavy atom. The first-order valence-electron chi connectivity index (χ1n) is 4.20. The molecule has 0 aromatic carbocycles. The van der Waals surface area contributed by atoms with Crippen LogP contribution in [0, 0.1) is 0 Å². The maximum Gasteiger partial charge on any atom is 0.379 e. The zero-order valence-electron chi connectivity index (χ0n) is 7.52. The van der Waals surface area contributed by atoms with Crippen molar-refractivity contribution in [3.05, 3.63) is 42.2 Å². The Bertz CT molecular complexity index is 486. The summed E-state index contributed by atoms with van der Waals surface area (Å²) in [6, 6.07) is 6.16. The highest BCUT2D eigenvalue weighted by Crippen LogP contribution is 2.29. The Kier molecular flexibility index (Phi) is 1.96. The molecule has 0 aliphatic carbocycles. The molecule has 2 aromatic rings. The summed E-state index contributed by atoms with van der Waals surface area (Å²) in [6.45, 7) is 0. The first-order chi connectivity index (χ1) is 7.01. The van der Waals surface area contributed by atoms with E-state index in [0.29, 0.717) is 5.52 Å². The van der Waals surface area contributed by atoms with Crippen LogP contribution in [0.3, 0.4) is 0 Å². The number of alkyl halides is 2. The van der Waals surface area contributed by atoms with Crippen LogP contribution in [-0.2, 0) is 10.7 Å². The number of halogens is 2. The van der Waals surface area contributed by atoms with Crippen LogP contribution in [0.25, 0.3) is 5.52 Å². The minimum atomic E-state index is -3.84. The molecule has 0 atom stereocenters. The fraction of sp³-hybridized carbons (Fsp3) is 0.100. The van der Waals surface area contributed by atoms with Crippen molar-refractivity contribution in [3.63, 3.8) is 0 Å². The van der Waals surface area contributed by atoms with Gasteiger partial charge in [-0.2, -0.15) is 8.78 Å². The number of aliphatic carboxylic acids is 1. The summed E-state index contributed by atoms with van der Waals surface area (Å²) < 4.78 is 27.7. The first-order valence-corrected chi connectivity index (χ1v) is 4.20. The standard InChI is InChI=1S/C10H7F2NO2/c11-10(12,9(14)15)7-5-8-3-1-2-4-13(8)6-7/h1-6H,(H,14,15). The monoisotopic (exact) mass is 211 g/mol. The second-order valence-electron chi connectivity index (χ2n) is 3.14. The van der Waals surface area contributed by atoms with Crippen LogP contribution in [0.4, 0.5) is 8.78 Å². The topological polar surface area (TPSA) is 41.7 Å². The second-order valence-corrected chi connectivity index (χ2v) is 3.14. The Morgan fingerprint density at radius 1 is 1.40 bits per heavy atom. The van der Waals surface area contributed by atoms with Crippen molar-refractivity contribution < 1.29 is 18.7 Å². The van der Waals surface area contributed by atoms with E-state index in [4.69, 9.17) is 5.11 Å². The molecule has 0 aliphatic rings. The molecule has 2 rings (SSSR count). The predicted molar refractivity (Wildman–Crippen MR) is 48.9 cm³/mol.